The molecule has 0 aromatic heterocycles. The van der Waals surface area contributed by atoms with Gasteiger partial charge in [0.2, 0.25) is 10.0 Å². The van der Waals surface area contributed by atoms with Crippen LogP contribution in [0, 0.1) is 0 Å². The number of hydrogen-bond acceptors (Lipinski definition) is 3. The molecule has 5 heteroatoms. The van der Waals surface area contributed by atoms with E-state index in [1.165, 1.54) is 24.8 Å². The van der Waals surface area contributed by atoms with Crippen molar-refractivity contribution in [1.29, 1.82) is 0 Å². The molecule has 2 atom stereocenters. The standard InChI is InChI=1S/C19H24N2O2S/c20-24(22,23)19-10-6-15(7-11-19)12-13-21-18-9-8-17(14-18)16-4-2-1-3-5-16/h1-7,10-11,17-18,21H,8-9,12-14H2,(H2,20,22,23)/t17-,18-/m1/s1. The van der Waals surface area contributed by atoms with Crippen molar-refractivity contribution in [3.8, 4) is 0 Å². The van der Waals surface area contributed by atoms with Crippen LogP contribution in [0.3, 0.4) is 0 Å². The van der Waals surface area contributed by atoms with Crippen LogP contribution in [0.2, 0.25) is 0 Å². The Hall–Kier alpha value is -1.69. The second-order valence-electron chi connectivity index (χ2n) is 6.51. The van der Waals surface area contributed by atoms with E-state index in [1.807, 2.05) is 12.1 Å². The van der Waals surface area contributed by atoms with E-state index in [-0.39, 0.29) is 4.90 Å². The Labute approximate surface area is 144 Å². The van der Waals surface area contributed by atoms with Gasteiger partial charge in [-0.05, 0) is 61.4 Å². The summed E-state index contributed by atoms with van der Waals surface area (Å²) in [7, 11) is -3.60. The number of nitrogens with one attached hydrogen (secondary N) is 1. The van der Waals surface area contributed by atoms with Crippen LogP contribution in [0.25, 0.3) is 0 Å². The molecule has 3 rings (SSSR count). The number of benzene rings is 2. The first kappa shape index (κ1) is 17.1. The van der Waals surface area contributed by atoms with Crippen LogP contribution >= 0.6 is 0 Å². The van der Waals surface area contributed by atoms with Crippen LogP contribution in [0.5, 0.6) is 0 Å². The second-order valence-corrected chi connectivity index (χ2v) is 8.07. The van der Waals surface area contributed by atoms with Crippen LogP contribution in [0.15, 0.2) is 59.5 Å². The van der Waals surface area contributed by atoms with Gasteiger partial charge in [-0.1, -0.05) is 42.5 Å². The fourth-order valence-electron chi connectivity index (χ4n) is 3.46. The lowest BCUT2D eigenvalue weighted by molar-refractivity contribution is 0.521. The molecule has 0 amide bonds. The van der Waals surface area contributed by atoms with Crippen molar-refractivity contribution in [3.63, 3.8) is 0 Å². The van der Waals surface area contributed by atoms with Crippen molar-refractivity contribution in [2.24, 2.45) is 5.14 Å². The van der Waals surface area contributed by atoms with Gasteiger partial charge in [-0.25, -0.2) is 13.6 Å². The molecule has 1 aliphatic carbocycles. The van der Waals surface area contributed by atoms with Gasteiger partial charge in [0.1, 0.15) is 0 Å². The molecule has 1 aliphatic rings. The molecule has 24 heavy (non-hydrogen) atoms. The minimum atomic E-state index is -3.60. The zero-order valence-electron chi connectivity index (χ0n) is 13.7. The topological polar surface area (TPSA) is 72.2 Å². The Morgan fingerprint density at radius 1 is 1.00 bits per heavy atom. The van der Waals surface area contributed by atoms with E-state index < -0.39 is 10.0 Å². The lowest BCUT2D eigenvalue weighted by Crippen LogP contribution is -2.28. The molecular weight excluding hydrogens is 320 g/mol. The maximum Gasteiger partial charge on any atom is 0.238 e. The van der Waals surface area contributed by atoms with Gasteiger partial charge in [-0.15, -0.1) is 0 Å². The van der Waals surface area contributed by atoms with Crippen molar-refractivity contribution in [2.45, 2.75) is 42.5 Å². The maximum atomic E-state index is 11.2. The molecule has 0 saturated heterocycles. The first-order valence-electron chi connectivity index (χ1n) is 8.42. The molecule has 3 N–H and O–H groups in total. The number of sulfonamides is 1. The fraction of sp³-hybridized carbons (Fsp3) is 0.368. The Morgan fingerprint density at radius 2 is 1.71 bits per heavy atom. The van der Waals surface area contributed by atoms with Gasteiger partial charge in [0.25, 0.3) is 0 Å². The monoisotopic (exact) mass is 344 g/mol. The lowest BCUT2D eigenvalue weighted by atomic mass is 9.98. The molecule has 0 aliphatic heterocycles. The van der Waals surface area contributed by atoms with E-state index in [0.29, 0.717) is 12.0 Å². The van der Waals surface area contributed by atoms with Crippen LogP contribution in [0.1, 0.15) is 36.3 Å². The summed E-state index contributed by atoms with van der Waals surface area (Å²) in [6, 6.07) is 18.1. The summed E-state index contributed by atoms with van der Waals surface area (Å²) in [5.74, 6) is 0.665. The minimum Gasteiger partial charge on any atom is -0.314 e. The third-order valence-corrected chi connectivity index (χ3v) is 5.73. The van der Waals surface area contributed by atoms with Gasteiger partial charge in [0.05, 0.1) is 4.90 Å². The Bertz CT molecular complexity index is 758. The van der Waals surface area contributed by atoms with Crippen LogP contribution in [0.4, 0.5) is 0 Å². The highest BCUT2D eigenvalue weighted by Gasteiger charge is 2.25. The summed E-state index contributed by atoms with van der Waals surface area (Å²) in [4.78, 5) is 0.167. The van der Waals surface area contributed by atoms with E-state index in [9.17, 15) is 8.42 Å². The average Bonchev–Trinajstić information content (AvgIpc) is 3.04. The van der Waals surface area contributed by atoms with Crippen LogP contribution < -0.4 is 10.5 Å². The molecule has 1 fully saturated rings. The molecule has 0 spiro atoms. The van der Waals surface area contributed by atoms with Crippen LogP contribution in [-0.4, -0.2) is 21.0 Å². The maximum absolute atomic E-state index is 11.2. The highest BCUT2D eigenvalue weighted by molar-refractivity contribution is 7.89. The number of nitrogens with two attached hydrogens (primary N) is 1. The molecule has 0 heterocycles. The third kappa shape index (κ3) is 4.44. The molecule has 0 radical (unpaired) electrons. The van der Waals surface area contributed by atoms with Gasteiger partial charge in [0, 0.05) is 6.04 Å². The summed E-state index contributed by atoms with van der Waals surface area (Å²) >= 11 is 0. The predicted octanol–water partition coefficient (Wildman–Crippen LogP) is 2.80. The molecule has 2 aromatic carbocycles. The third-order valence-electron chi connectivity index (χ3n) is 4.80. The molecule has 0 unspecified atom stereocenters. The summed E-state index contributed by atoms with van der Waals surface area (Å²) < 4.78 is 22.5. The van der Waals surface area contributed by atoms with Crippen molar-refractivity contribution >= 4 is 10.0 Å². The highest BCUT2D eigenvalue weighted by atomic mass is 32.2. The Kier molecular flexibility index (Phi) is 5.33. The van der Waals surface area contributed by atoms with Gasteiger partial charge >= 0.3 is 0 Å². The highest BCUT2D eigenvalue weighted by Crippen LogP contribution is 2.34. The lowest BCUT2D eigenvalue weighted by Gasteiger charge is -2.14. The van der Waals surface area contributed by atoms with Crippen molar-refractivity contribution in [1.82, 2.24) is 5.32 Å². The zero-order valence-corrected chi connectivity index (χ0v) is 14.5. The Morgan fingerprint density at radius 3 is 2.38 bits per heavy atom. The summed E-state index contributed by atoms with van der Waals surface area (Å²) in [6.45, 7) is 0.904. The van der Waals surface area contributed by atoms with E-state index >= 15 is 0 Å². The zero-order chi connectivity index (χ0) is 17.0. The number of rotatable bonds is 6. The largest absolute Gasteiger partial charge is 0.314 e. The molecule has 0 bridgehead atoms. The smallest absolute Gasteiger partial charge is 0.238 e. The van der Waals surface area contributed by atoms with Gasteiger partial charge in [-0.2, -0.15) is 0 Å². The number of hydrogen-bond donors (Lipinski definition) is 2. The van der Waals surface area contributed by atoms with Gasteiger partial charge in [-0.3, -0.25) is 0 Å². The van der Waals surface area contributed by atoms with E-state index in [2.05, 4.69) is 35.6 Å². The van der Waals surface area contributed by atoms with E-state index in [4.69, 9.17) is 5.14 Å². The van der Waals surface area contributed by atoms with E-state index in [0.717, 1.165) is 18.5 Å². The Balaban J connectivity index is 1.46. The molecule has 1 saturated carbocycles. The van der Waals surface area contributed by atoms with Crippen LogP contribution in [-0.2, 0) is 16.4 Å². The molecule has 4 nitrogen and oxygen atoms in total. The average molecular weight is 344 g/mol. The summed E-state index contributed by atoms with van der Waals surface area (Å²) in [5.41, 5.74) is 2.56. The van der Waals surface area contributed by atoms with Crippen molar-refractivity contribution in [2.75, 3.05) is 6.54 Å². The quantitative estimate of drug-likeness (QED) is 0.846. The molecular formula is C19H24N2O2S. The van der Waals surface area contributed by atoms with Gasteiger partial charge in [0.15, 0.2) is 0 Å². The first-order chi connectivity index (χ1) is 11.5. The molecule has 2 aromatic rings. The molecule has 128 valence electrons. The van der Waals surface area contributed by atoms with Crippen molar-refractivity contribution in [3.05, 3.63) is 65.7 Å². The normalized spacial score (nSPS) is 21.0. The second kappa shape index (κ2) is 7.47. The number of primary sulfonamides is 1. The SMILES string of the molecule is NS(=O)(=O)c1ccc(CCN[C@@H]2CC[C@@H](c3ccccc3)C2)cc1. The summed E-state index contributed by atoms with van der Waals surface area (Å²) in [5, 5.41) is 8.74. The fourth-order valence-corrected chi connectivity index (χ4v) is 3.98. The van der Waals surface area contributed by atoms with Gasteiger partial charge < -0.3 is 5.32 Å². The minimum absolute atomic E-state index is 0.167. The van der Waals surface area contributed by atoms with E-state index in [1.54, 1.807) is 12.1 Å². The summed E-state index contributed by atoms with van der Waals surface area (Å²) in [6.07, 6.45) is 4.53. The predicted molar refractivity (Wildman–Crippen MR) is 96.3 cm³/mol. The van der Waals surface area contributed by atoms with Crippen molar-refractivity contribution < 1.29 is 8.42 Å². The first-order valence-corrected chi connectivity index (χ1v) is 9.97.